The zero-order valence-corrected chi connectivity index (χ0v) is 49.4. The largest absolute Gasteiger partial charge is 0.472 e. The number of hydrogen-bond donors (Lipinski definition) is 2. The Kier molecular flexibility index (Phi) is 46.1. The van der Waals surface area contributed by atoms with Crippen LogP contribution >= 0.6 is 19.6 Å². The third-order valence-corrected chi connectivity index (χ3v) is 15.5. The monoisotopic (exact) mass is 1100 g/mol. The fraction of sp³-hybridized carbons (Fsp3) is 0.814. The molecule has 2 atom stereocenters. The number of unbranched alkanes of at least 4 members (excludes halogenated alkanes) is 26. The molecule has 1 aromatic carbocycles. The number of hydrogen-bond acceptors (Lipinski definition) is 11. The van der Waals surface area contributed by atoms with E-state index in [0.717, 1.165) is 50.0 Å². The lowest BCUT2D eigenvalue weighted by molar-refractivity contribution is -0.161. The first-order valence-corrected chi connectivity index (χ1v) is 32.4. The predicted octanol–water partition coefficient (Wildman–Crippen LogP) is 14.2. The molecule has 0 aliphatic heterocycles. The number of carbonyl (C=O) groups is 5. The van der Waals surface area contributed by atoms with Crippen LogP contribution in [0, 0.1) is 0 Å². The Bertz CT molecular complexity index is 1630. The van der Waals surface area contributed by atoms with Crippen LogP contribution in [0.25, 0.3) is 0 Å². The number of thioether (sulfide) groups is 1. The lowest BCUT2D eigenvalue weighted by Crippen LogP contribution is -2.41. The van der Waals surface area contributed by atoms with Gasteiger partial charge in [0.05, 0.1) is 13.2 Å². The molecule has 434 valence electrons. The third-order valence-electron chi connectivity index (χ3n) is 13.5. The predicted molar refractivity (Wildman–Crippen MR) is 306 cm³/mol. The van der Waals surface area contributed by atoms with Crippen molar-refractivity contribution in [2.45, 2.75) is 251 Å². The second-order valence-corrected chi connectivity index (χ2v) is 22.9. The lowest BCUT2D eigenvalue weighted by atomic mass is 10.0. The van der Waals surface area contributed by atoms with Crippen LogP contribution < -0.4 is 5.32 Å². The summed E-state index contributed by atoms with van der Waals surface area (Å²) in [6, 6.07) is 10.2. The van der Waals surface area contributed by atoms with Crippen molar-refractivity contribution in [1.29, 1.82) is 0 Å². The average Bonchev–Trinajstić information content (AvgIpc) is 3.40. The molecule has 0 heterocycles. The molecule has 2 N–H and O–H groups in total. The van der Waals surface area contributed by atoms with E-state index in [0.29, 0.717) is 64.7 Å². The van der Waals surface area contributed by atoms with Crippen molar-refractivity contribution in [2.75, 3.05) is 58.3 Å². The van der Waals surface area contributed by atoms with Gasteiger partial charge >= 0.3 is 19.8 Å². The molecule has 75 heavy (non-hydrogen) atoms. The molecule has 0 fully saturated rings. The zero-order valence-electron chi connectivity index (χ0n) is 47.6. The van der Waals surface area contributed by atoms with Crippen LogP contribution in [0.1, 0.15) is 245 Å². The maximum absolute atomic E-state index is 12.9. The van der Waals surface area contributed by atoms with Gasteiger partial charge < -0.3 is 29.5 Å². The van der Waals surface area contributed by atoms with E-state index in [1.807, 2.05) is 30.0 Å². The second-order valence-electron chi connectivity index (χ2n) is 20.3. The van der Waals surface area contributed by atoms with Crippen LogP contribution in [0.4, 0.5) is 0 Å². The van der Waals surface area contributed by atoms with Crippen molar-refractivity contribution in [3.63, 3.8) is 0 Å². The number of nitrogens with one attached hydrogen (secondary N) is 1. The smallest absolute Gasteiger partial charge is 0.462 e. The highest BCUT2D eigenvalue weighted by Crippen LogP contribution is 2.43. The van der Waals surface area contributed by atoms with Gasteiger partial charge in [-0.05, 0) is 31.2 Å². The van der Waals surface area contributed by atoms with Crippen molar-refractivity contribution in [1.82, 2.24) is 15.1 Å². The Hall–Kier alpha value is -2.97. The number of esters is 2. The van der Waals surface area contributed by atoms with Gasteiger partial charge in [-0.2, -0.15) is 11.8 Å². The average molecular weight is 1100 g/mol. The molecule has 1 rings (SSSR count). The molecule has 0 spiro atoms. The number of phosphoric ester groups is 1. The highest BCUT2D eigenvalue weighted by molar-refractivity contribution is 7.98. The fourth-order valence-electron chi connectivity index (χ4n) is 8.80. The molecular weight excluding hydrogens is 990 g/mol. The molecule has 0 saturated carbocycles. The summed E-state index contributed by atoms with van der Waals surface area (Å²) >= 11 is 1.78. The van der Waals surface area contributed by atoms with Gasteiger partial charge in [-0.3, -0.25) is 33.0 Å². The number of amides is 3. The van der Waals surface area contributed by atoms with Crippen molar-refractivity contribution < 1.29 is 52.0 Å². The highest BCUT2D eigenvalue weighted by Gasteiger charge is 2.26. The van der Waals surface area contributed by atoms with Crippen molar-refractivity contribution in [3.8, 4) is 0 Å². The SMILES string of the molecule is CCCCCCCCCCCCCCCC(=O)OC[C@H](COP(=O)(O)OCCNC(=O)CCCCCN(CCN(CCSCc1ccccc1)C(=O)CC)C(C)=O)OC(=O)CCCCCCCCCCCCCCC. The first-order chi connectivity index (χ1) is 36.4. The number of ether oxygens (including phenoxy) is 2. The molecule has 0 aliphatic rings. The quantitative estimate of drug-likeness (QED) is 0.0359. The van der Waals surface area contributed by atoms with Crippen LogP contribution in [-0.2, 0) is 52.8 Å². The van der Waals surface area contributed by atoms with Crippen LogP contribution in [0.15, 0.2) is 30.3 Å². The molecule has 3 amide bonds. The molecule has 1 unspecified atom stereocenters. The van der Waals surface area contributed by atoms with Gasteiger partial charge in [-0.25, -0.2) is 4.57 Å². The molecular formula is C59H106N3O11PS. The van der Waals surface area contributed by atoms with Gasteiger partial charge in [-0.1, -0.05) is 212 Å². The van der Waals surface area contributed by atoms with Gasteiger partial charge in [0, 0.05) is 76.8 Å². The summed E-state index contributed by atoms with van der Waals surface area (Å²) in [7, 11) is -4.62. The Balaban J connectivity index is 2.45. The summed E-state index contributed by atoms with van der Waals surface area (Å²) in [5.74, 6) is 0.538. The Labute approximate surface area is 460 Å². The van der Waals surface area contributed by atoms with Crippen molar-refractivity contribution in [2.24, 2.45) is 0 Å². The molecule has 0 bridgehead atoms. The first-order valence-electron chi connectivity index (χ1n) is 29.8. The molecule has 0 aliphatic carbocycles. The second kappa shape index (κ2) is 49.3. The Morgan fingerprint density at radius 1 is 0.573 bits per heavy atom. The third kappa shape index (κ3) is 43.7. The topological polar surface area (TPSA) is 178 Å². The molecule has 14 nitrogen and oxygen atoms in total. The number of carbonyl (C=O) groups excluding carboxylic acids is 5. The van der Waals surface area contributed by atoms with E-state index < -0.39 is 32.5 Å². The van der Waals surface area contributed by atoms with E-state index in [1.165, 1.54) is 128 Å². The van der Waals surface area contributed by atoms with E-state index in [4.69, 9.17) is 18.5 Å². The van der Waals surface area contributed by atoms with Crippen LogP contribution in [-0.4, -0.2) is 109 Å². The van der Waals surface area contributed by atoms with Gasteiger partial charge in [-0.15, -0.1) is 0 Å². The summed E-state index contributed by atoms with van der Waals surface area (Å²) in [6.07, 6.45) is 32.9. The van der Waals surface area contributed by atoms with Gasteiger partial charge in [0.1, 0.15) is 6.61 Å². The van der Waals surface area contributed by atoms with Crippen LogP contribution in [0.5, 0.6) is 0 Å². The number of benzene rings is 1. The number of phosphoric acid groups is 1. The van der Waals surface area contributed by atoms with Gasteiger partial charge in [0.25, 0.3) is 0 Å². The summed E-state index contributed by atoms with van der Waals surface area (Å²) in [5, 5.41) is 2.69. The maximum atomic E-state index is 12.9. The van der Waals surface area contributed by atoms with Crippen LogP contribution in [0.2, 0.25) is 0 Å². The molecule has 1 aromatic rings. The minimum absolute atomic E-state index is 0.0308. The fourth-order valence-corrected chi connectivity index (χ4v) is 10.5. The van der Waals surface area contributed by atoms with Crippen LogP contribution in [0.3, 0.4) is 0 Å². The Morgan fingerprint density at radius 3 is 1.57 bits per heavy atom. The molecule has 0 aromatic heterocycles. The molecule has 16 heteroatoms. The zero-order chi connectivity index (χ0) is 54.9. The highest BCUT2D eigenvalue weighted by atomic mass is 32.2. The van der Waals surface area contributed by atoms with Crippen molar-refractivity contribution >= 4 is 49.2 Å². The molecule has 0 saturated heterocycles. The van der Waals surface area contributed by atoms with E-state index in [1.54, 1.807) is 16.7 Å². The lowest BCUT2D eigenvalue weighted by Gasteiger charge is -2.27. The first kappa shape index (κ1) is 70.0. The summed E-state index contributed by atoms with van der Waals surface area (Å²) < 4.78 is 34.2. The van der Waals surface area contributed by atoms with Gasteiger partial charge in [0.15, 0.2) is 6.10 Å². The Morgan fingerprint density at radius 2 is 1.05 bits per heavy atom. The van der Waals surface area contributed by atoms with E-state index in [-0.39, 0.29) is 56.7 Å². The molecule has 0 radical (unpaired) electrons. The summed E-state index contributed by atoms with van der Waals surface area (Å²) in [5.41, 5.74) is 1.24. The van der Waals surface area contributed by atoms with Crippen molar-refractivity contribution in [3.05, 3.63) is 35.9 Å². The van der Waals surface area contributed by atoms with E-state index in [9.17, 15) is 33.4 Å². The number of rotatable bonds is 53. The number of nitrogens with zero attached hydrogens (tertiary/aromatic N) is 2. The van der Waals surface area contributed by atoms with E-state index in [2.05, 4.69) is 31.3 Å². The maximum Gasteiger partial charge on any atom is 0.472 e. The summed E-state index contributed by atoms with van der Waals surface area (Å²) in [6.45, 7) is 8.77. The van der Waals surface area contributed by atoms with E-state index >= 15 is 0 Å². The standard InChI is InChI=1S/C59H106N3O11PS/c1-5-8-10-12-14-16-18-20-22-24-26-28-35-41-58(66)70-50-55(73-59(67)42-36-29-27-25-23-21-19-17-15-13-11-9-6-2)51-72-74(68,69)71-48-43-60-56(64)40-34-31-37-44-61(53(4)63)45-46-62(57(65)7-3)47-49-75-52-54-38-32-30-33-39-54/h30,32-33,38-39,55H,5-29,31,34-37,40-52H2,1-4H3,(H,60,64)(H,68,69)/t55-/m1/s1. The normalized spacial score (nSPS) is 12.5. The minimum atomic E-state index is -4.62. The summed E-state index contributed by atoms with van der Waals surface area (Å²) in [4.78, 5) is 77.2. The van der Waals surface area contributed by atoms with Gasteiger partial charge in [0.2, 0.25) is 17.7 Å². The minimum Gasteiger partial charge on any atom is -0.462 e.